The molecule has 2 aromatic carbocycles. The van der Waals surface area contributed by atoms with Crippen LogP contribution in [0.2, 0.25) is 5.02 Å². The Balaban J connectivity index is 1.41. The molecule has 1 aromatic heterocycles. The summed E-state index contributed by atoms with van der Waals surface area (Å²) in [6.07, 6.45) is 1.32. The molecule has 0 N–H and O–H groups in total. The lowest BCUT2D eigenvalue weighted by Crippen LogP contribution is -2.30. The molecule has 0 spiro atoms. The van der Waals surface area contributed by atoms with Crippen LogP contribution >= 0.6 is 23.1 Å². The number of fused-ring (bicyclic) bond motifs is 1. The number of rotatable bonds is 6. The van der Waals surface area contributed by atoms with Crippen molar-refractivity contribution in [2.45, 2.75) is 23.7 Å². The van der Waals surface area contributed by atoms with Gasteiger partial charge in [-0.3, -0.25) is 4.79 Å². The molecule has 0 aliphatic carbocycles. The van der Waals surface area contributed by atoms with Crippen LogP contribution in [0.5, 0.6) is 5.75 Å². The van der Waals surface area contributed by atoms with Crippen molar-refractivity contribution in [3.8, 4) is 5.75 Å². The lowest BCUT2D eigenvalue weighted by molar-refractivity contribution is -0.134. The molecule has 11 heteroatoms. The summed E-state index contributed by atoms with van der Waals surface area (Å²) >= 11 is 6.75. The summed E-state index contributed by atoms with van der Waals surface area (Å²) in [6.45, 7) is 0.403. The third-order valence-electron chi connectivity index (χ3n) is 4.59. The molecule has 2 heterocycles. The quantitative estimate of drug-likeness (QED) is 0.553. The molecule has 30 heavy (non-hydrogen) atoms. The Hall–Kier alpha value is -2.56. The van der Waals surface area contributed by atoms with E-state index in [1.165, 1.54) is 18.5 Å². The normalized spacial score (nSPS) is 13.3. The van der Waals surface area contributed by atoms with Gasteiger partial charge in [0.1, 0.15) is 28.7 Å². The van der Waals surface area contributed by atoms with Crippen molar-refractivity contribution in [1.29, 1.82) is 0 Å². The Morgan fingerprint density at radius 2 is 2.00 bits per heavy atom. The molecule has 0 fully saturated rings. The number of hydrogen-bond acceptors (Lipinski definition) is 7. The van der Waals surface area contributed by atoms with E-state index in [2.05, 4.69) is 9.36 Å². The number of hydrogen-bond donors (Lipinski definition) is 0. The number of benzene rings is 2. The maximum Gasteiger partial charge on any atom is 0.261 e. The van der Waals surface area contributed by atoms with Crippen LogP contribution in [-0.4, -0.2) is 35.2 Å². The van der Waals surface area contributed by atoms with Gasteiger partial charge in [0, 0.05) is 19.2 Å². The minimum absolute atomic E-state index is 0.0872. The summed E-state index contributed by atoms with van der Waals surface area (Å²) in [5.41, 5.74) is 1.65. The monoisotopic (exact) mass is 467 g/mol. The largest absolute Gasteiger partial charge is 0.484 e. The molecule has 4 rings (SSSR count). The molecule has 3 aromatic rings. The number of carbonyl (C=O) groups is 1. The molecule has 1 amide bonds. The van der Waals surface area contributed by atoms with Gasteiger partial charge in [-0.1, -0.05) is 17.7 Å². The molecule has 0 saturated heterocycles. The molecule has 1 aliphatic heterocycles. The summed E-state index contributed by atoms with van der Waals surface area (Å²) in [6, 6.07) is 8.72. The maximum absolute atomic E-state index is 13.2. The first kappa shape index (κ1) is 20.7. The molecule has 1 aliphatic rings. The van der Waals surface area contributed by atoms with Crippen molar-refractivity contribution in [1.82, 2.24) is 14.3 Å². The summed E-state index contributed by atoms with van der Waals surface area (Å²) in [7, 11) is -3.56. The summed E-state index contributed by atoms with van der Waals surface area (Å²) in [5, 5.41) is 0.334. The minimum Gasteiger partial charge on any atom is -0.484 e. The van der Waals surface area contributed by atoms with Gasteiger partial charge in [0.25, 0.3) is 5.91 Å². The molecule has 0 radical (unpaired) electrons. The van der Waals surface area contributed by atoms with Crippen LogP contribution in [0, 0.1) is 5.82 Å². The number of ether oxygens (including phenoxy) is 1. The van der Waals surface area contributed by atoms with E-state index in [0.29, 0.717) is 11.6 Å². The van der Waals surface area contributed by atoms with Crippen LogP contribution < -0.4 is 4.74 Å². The van der Waals surface area contributed by atoms with E-state index in [9.17, 15) is 17.6 Å². The zero-order chi connectivity index (χ0) is 21.3. The fraction of sp³-hybridized carbons (Fsp3) is 0.211. The predicted molar refractivity (Wildman–Crippen MR) is 108 cm³/mol. The van der Waals surface area contributed by atoms with Crippen LogP contribution in [0.1, 0.15) is 16.1 Å². The average molecular weight is 468 g/mol. The first-order chi connectivity index (χ1) is 14.3. The van der Waals surface area contributed by atoms with Crippen LogP contribution in [0.3, 0.4) is 0 Å². The van der Waals surface area contributed by atoms with E-state index in [4.69, 9.17) is 16.3 Å². The van der Waals surface area contributed by atoms with Gasteiger partial charge in [-0.05, 0) is 46.9 Å². The van der Waals surface area contributed by atoms with Gasteiger partial charge in [-0.2, -0.15) is 4.37 Å². The van der Waals surface area contributed by atoms with Gasteiger partial charge in [-0.15, -0.1) is 0 Å². The molecule has 0 bridgehead atoms. The fourth-order valence-corrected chi connectivity index (χ4v) is 5.37. The number of halogens is 2. The number of carbonyl (C=O) groups excluding carboxylic acids is 1. The van der Waals surface area contributed by atoms with Gasteiger partial charge < -0.3 is 9.64 Å². The first-order valence-electron chi connectivity index (χ1n) is 8.77. The summed E-state index contributed by atoms with van der Waals surface area (Å²) in [4.78, 5) is 18.2. The number of sulfone groups is 1. The molecule has 7 nitrogen and oxygen atoms in total. The van der Waals surface area contributed by atoms with E-state index in [1.807, 2.05) is 0 Å². The second kappa shape index (κ2) is 8.29. The highest BCUT2D eigenvalue weighted by Crippen LogP contribution is 2.27. The second-order valence-corrected chi connectivity index (χ2v) is 9.90. The van der Waals surface area contributed by atoms with Gasteiger partial charge >= 0.3 is 0 Å². The molecule has 0 atom stereocenters. The Labute approximate surface area is 181 Å². The highest BCUT2D eigenvalue weighted by atomic mass is 35.5. The predicted octanol–water partition coefficient (Wildman–Crippen LogP) is 3.23. The molecular weight excluding hydrogens is 453 g/mol. The zero-order valence-electron chi connectivity index (χ0n) is 15.4. The van der Waals surface area contributed by atoms with Crippen molar-refractivity contribution in [2.75, 3.05) is 6.61 Å². The molecule has 0 unspecified atom stereocenters. The average Bonchev–Trinajstić information content (AvgIpc) is 3.37. The first-order valence-corrected chi connectivity index (χ1v) is 11.6. The summed E-state index contributed by atoms with van der Waals surface area (Å²) in [5.74, 6) is -0.767. The Morgan fingerprint density at radius 1 is 1.20 bits per heavy atom. The maximum atomic E-state index is 13.2. The van der Waals surface area contributed by atoms with E-state index < -0.39 is 15.7 Å². The van der Waals surface area contributed by atoms with Crippen LogP contribution in [0.4, 0.5) is 4.39 Å². The van der Waals surface area contributed by atoms with E-state index in [1.54, 1.807) is 23.1 Å². The van der Waals surface area contributed by atoms with Crippen LogP contribution in [0.25, 0.3) is 0 Å². The van der Waals surface area contributed by atoms with Gasteiger partial charge in [0.05, 0.1) is 9.92 Å². The molecular formula is C19H15ClFN3O4S2. The van der Waals surface area contributed by atoms with E-state index in [-0.39, 0.29) is 40.5 Å². The smallest absolute Gasteiger partial charge is 0.261 e. The zero-order valence-corrected chi connectivity index (χ0v) is 17.8. The van der Waals surface area contributed by atoms with E-state index in [0.717, 1.165) is 28.7 Å². The lowest BCUT2D eigenvalue weighted by atomic mass is 10.1. The third kappa shape index (κ3) is 4.45. The van der Waals surface area contributed by atoms with Gasteiger partial charge in [-0.25, -0.2) is 17.8 Å². The van der Waals surface area contributed by atoms with Crippen molar-refractivity contribution in [3.63, 3.8) is 0 Å². The van der Waals surface area contributed by atoms with Crippen molar-refractivity contribution >= 4 is 38.9 Å². The lowest BCUT2D eigenvalue weighted by Gasteiger charge is -2.16. The number of nitrogens with zero attached hydrogens (tertiary/aromatic N) is 3. The Morgan fingerprint density at radius 3 is 2.73 bits per heavy atom. The van der Waals surface area contributed by atoms with Crippen molar-refractivity contribution in [2.24, 2.45) is 0 Å². The Bertz CT molecular complexity index is 1200. The van der Waals surface area contributed by atoms with Crippen molar-refractivity contribution in [3.05, 3.63) is 69.7 Å². The van der Waals surface area contributed by atoms with Crippen LogP contribution in [0.15, 0.2) is 47.6 Å². The van der Waals surface area contributed by atoms with Crippen LogP contribution in [-0.2, 0) is 33.5 Å². The fourth-order valence-electron chi connectivity index (χ4n) is 3.05. The topological polar surface area (TPSA) is 89.5 Å². The minimum atomic E-state index is -3.56. The third-order valence-corrected chi connectivity index (χ3v) is 7.34. The standard InChI is InChI=1S/C19H15ClFN3O4S2/c20-16-6-14(2-4-17(16)21)28-9-19(25)24-7-12-1-3-15(5-13(12)8-24)30(26,27)10-18-22-11-23-29-18/h1-6,11H,7-10H2. The Kier molecular flexibility index (Phi) is 5.72. The number of aromatic nitrogens is 2. The highest BCUT2D eigenvalue weighted by Gasteiger charge is 2.26. The second-order valence-electron chi connectivity index (χ2n) is 6.64. The molecule has 156 valence electrons. The van der Waals surface area contributed by atoms with Gasteiger partial charge in [0.15, 0.2) is 16.4 Å². The number of amides is 1. The molecule has 0 saturated carbocycles. The highest BCUT2D eigenvalue weighted by molar-refractivity contribution is 7.90. The summed E-state index contributed by atoms with van der Waals surface area (Å²) < 4.78 is 47.7. The van der Waals surface area contributed by atoms with E-state index >= 15 is 0 Å². The SMILES string of the molecule is O=C(COc1ccc(F)c(Cl)c1)N1Cc2ccc(S(=O)(=O)Cc3ncns3)cc2C1. The van der Waals surface area contributed by atoms with Gasteiger partial charge in [0.2, 0.25) is 0 Å². The van der Waals surface area contributed by atoms with Crippen molar-refractivity contribution < 1.29 is 22.3 Å².